The first-order valence-electron chi connectivity index (χ1n) is 11.1. The number of hydrogen-bond donors (Lipinski definition) is 1. The fourth-order valence-electron chi connectivity index (χ4n) is 6.00. The number of benzene rings is 3. The van der Waals surface area contributed by atoms with E-state index in [4.69, 9.17) is 16.3 Å². The quantitative estimate of drug-likeness (QED) is 0.534. The van der Waals surface area contributed by atoms with E-state index < -0.39 is 5.54 Å². The summed E-state index contributed by atoms with van der Waals surface area (Å²) in [7, 11) is 0. The summed E-state index contributed by atoms with van der Waals surface area (Å²) in [5, 5.41) is 3.66. The Morgan fingerprint density at radius 1 is 1.06 bits per heavy atom. The van der Waals surface area contributed by atoms with Crippen LogP contribution in [-0.2, 0) is 4.79 Å². The Labute approximate surface area is 197 Å². The molecule has 3 unspecified atom stereocenters. The van der Waals surface area contributed by atoms with Gasteiger partial charge >= 0.3 is 0 Å². The van der Waals surface area contributed by atoms with Crippen LogP contribution in [0.15, 0.2) is 66.7 Å². The van der Waals surface area contributed by atoms with Crippen LogP contribution >= 0.6 is 11.6 Å². The average Bonchev–Trinajstić information content (AvgIpc) is 3.05. The van der Waals surface area contributed by atoms with E-state index >= 15 is 0 Å². The van der Waals surface area contributed by atoms with E-state index in [1.165, 1.54) is 0 Å². The predicted molar refractivity (Wildman–Crippen MR) is 127 cm³/mol. The predicted octanol–water partition coefficient (Wildman–Crippen LogP) is 5.35. The topological polar surface area (TPSA) is 58.6 Å². The van der Waals surface area contributed by atoms with Gasteiger partial charge in [0.25, 0.3) is 11.8 Å². The number of hydrogen-bond acceptors (Lipinski definition) is 3. The molecule has 1 N–H and O–H groups in total. The van der Waals surface area contributed by atoms with Gasteiger partial charge in [0.1, 0.15) is 11.3 Å². The molecule has 6 rings (SSSR count). The molecule has 0 aromatic heterocycles. The van der Waals surface area contributed by atoms with Gasteiger partial charge in [-0.15, -0.1) is 0 Å². The van der Waals surface area contributed by atoms with Gasteiger partial charge in [-0.2, -0.15) is 0 Å². The Kier molecular flexibility index (Phi) is 4.36. The van der Waals surface area contributed by atoms with E-state index in [1.54, 1.807) is 11.0 Å². The van der Waals surface area contributed by atoms with Crippen molar-refractivity contribution in [2.24, 2.45) is 5.92 Å². The number of ether oxygens (including phenoxy) is 1. The van der Waals surface area contributed by atoms with Crippen LogP contribution in [0, 0.1) is 12.8 Å². The van der Waals surface area contributed by atoms with Crippen LogP contribution in [0.5, 0.6) is 5.75 Å². The zero-order chi connectivity index (χ0) is 22.9. The van der Waals surface area contributed by atoms with Gasteiger partial charge in [-0.3, -0.25) is 9.59 Å². The largest absolute Gasteiger partial charge is 0.493 e. The van der Waals surface area contributed by atoms with Crippen LogP contribution in [0.1, 0.15) is 45.9 Å². The van der Waals surface area contributed by atoms with Gasteiger partial charge in [-0.1, -0.05) is 48.0 Å². The Balaban J connectivity index is 1.63. The zero-order valence-corrected chi connectivity index (χ0v) is 19.1. The Morgan fingerprint density at radius 3 is 2.64 bits per heavy atom. The minimum absolute atomic E-state index is 0.106. The second-order valence-corrected chi connectivity index (χ2v) is 9.75. The Hall–Kier alpha value is -3.31. The first-order chi connectivity index (χ1) is 15.9. The van der Waals surface area contributed by atoms with Gasteiger partial charge in [0, 0.05) is 22.4 Å². The normalized spacial score (nSPS) is 27.5. The molecule has 1 fully saturated rings. The Morgan fingerprint density at radius 2 is 1.85 bits per heavy atom. The van der Waals surface area contributed by atoms with E-state index in [-0.39, 0.29) is 29.7 Å². The molecule has 1 saturated heterocycles. The van der Waals surface area contributed by atoms with E-state index in [1.807, 2.05) is 74.5 Å². The lowest BCUT2D eigenvalue weighted by Gasteiger charge is -2.38. The lowest BCUT2D eigenvalue weighted by atomic mass is 9.73. The minimum atomic E-state index is -1.12. The fraction of sp³-hybridized carbons (Fsp3) is 0.259. The van der Waals surface area contributed by atoms with Crippen LogP contribution in [0.3, 0.4) is 0 Å². The van der Waals surface area contributed by atoms with Gasteiger partial charge in [-0.25, -0.2) is 0 Å². The highest BCUT2D eigenvalue weighted by Gasteiger charge is 2.65. The zero-order valence-electron chi connectivity index (χ0n) is 18.3. The summed E-state index contributed by atoms with van der Waals surface area (Å²) in [6.45, 7) is 4.25. The highest BCUT2D eigenvalue weighted by molar-refractivity contribution is 6.30. The van der Waals surface area contributed by atoms with Gasteiger partial charge in [0.05, 0.1) is 23.9 Å². The molecule has 5 nitrogen and oxygen atoms in total. The first-order valence-corrected chi connectivity index (χ1v) is 11.5. The van der Waals surface area contributed by atoms with Crippen molar-refractivity contribution in [3.8, 4) is 5.75 Å². The number of amides is 2. The summed E-state index contributed by atoms with van der Waals surface area (Å²) < 4.78 is 6.15. The molecule has 3 aromatic rings. The monoisotopic (exact) mass is 458 g/mol. The molecule has 0 aliphatic carbocycles. The van der Waals surface area contributed by atoms with Gasteiger partial charge in [0.2, 0.25) is 0 Å². The maximum Gasteiger partial charge on any atom is 0.257 e. The second kappa shape index (κ2) is 7.09. The Bertz CT molecular complexity index is 1310. The molecule has 2 amide bonds. The van der Waals surface area contributed by atoms with E-state index in [9.17, 15) is 9.59 Å². The fourth-order valence-corrected chi connectivity index (χ4v) is 6.18. The molecule has 3 aliphatic heterocycles. The molecule has 33 heavy (non-hydrogen) atoms. The lowest BCUT2D eigenvalue weighted by Crippen LogP contribution is -2.54. The molecule has 166 valence electrons. The minimum Gasteiger partial charge on any atom is -0.493 e. The van der Waals surface area contributed by atoms with Crippen LogP contribution in [0.25, 0.3) is 0 Å². The maximum absolute atomic E-state index is 14.2. The molecule has 3 heterocycles. The molecule has 4 atom stereocenters. The van der Waals surface area contributed by atoms with E-state index in [2.05, 4.69) is 5.32 Å². The number of nitrogens with one attached hydrogen (secondary N) is 1. The molecule has 3 aromatic carbocycles. The second-order valence-electron chi connectivity index (χ2n) is 9.32. The van der Waals surface area contributed by atoms with Crippen molar-refractivity contribution in [2.75, 3.05) is 11.9 Å². The van der Waals surface area contributed by atoms with Gasteiger partial charge in [-0.05, 0) is 55.3 Å². The third-order valence-corrected chi connectivity index (χ3v) is 7.67. The van der Waals surface area contributed by atoms with Crippen molar-refractivity contribution in [1.29, 1.82) is 0 Å². The number of anilines is 1. The summed E-state index contributed by atoms with van der Waals surface area (Å²) in [4.78, 5) is 29.9. The van der Waals surface area contributed by atoms with Crippen molar-refractivity contribution in [3.05, 3.63) is 94.0 Å². The van der Waals surface area contributed by atoms with Gasteiger partial charge < -0.3 is 15.0 Å². The maximum atomic E-state index is 14.2. The first kappa shape index (κ1) is 20.3. The van der Waals surface area contributed by atoms with Crippen molar-refractivity contribution >= 4 is 29.1 Å². The number of rotatable bonds is 1. The molecule has 0 spiro atoms. The lowest BCUT2D eigenvalue weighted by molar-refractivity contribution is -0.125. The molecule has 3 aliphatic rings. The summed E-state index contributed by atoms with van der Waals surface area (Å²) in [6.07, 6.45) is 0. The smallest absolute Gasteiger partial charge is 0.257 e. The third kappa shape index (κ3) is 2.78. The highest BCUT2D eigenvalue weighted by Crippen LogP contribution is 2.60. The molecular weight excluding hydrogens is 436 g/mol. The van der Waals surface area contributed by atoms with Gasteiger partial charge in [0.15, 0.2) is 0 Å². The molecule has 6 heteroatoms. The van der Waals surface area contributed by atoms with E-state index in [0.717, 1.165) is 16.7 Å². The summed E-state index contributed by atoms with van der Waals surface area (Å²) >= 11 is 6.39. The number of carbonyl (C=O) groups is 2. The SMILES string of the molecule is Cc1ccc2c(c1)NC(=O)[C@@]1(C)C(c3ccccc3)C3COc4ccc(Cl)cc4C3N1C2=O. The van der Waals surface area contributed by atoms with Crippen molar-refractivity contribution in [1.82, 2.24) is 4.90 Å². The molecule has 0 radical (unpaired) electrons. The number of fused-ring (bicyclic) bond motifs is 6. The number of carbonyl (C=O) groups excluding carboxylic acids is 2. The van der Waals surface area contributed by atoms with Crippen LogP contribution in [0.2, 0.25) is 5.02 Å². The van der Waals surface area contributed by atoms with E-state index in [0.29, 0.717) is 28.6 Å². The summed E-state index contributed by atoms with van der Waals surface area (Å²) in [5.41, 5.74) is 2.78. The third-order valence-electron chi connectivity index (χ3n) is 7.43. The van der Waals surface area contributed by atoms with Crippen LogP contribution in [-0.4, -0.2) is 28.9 Å². The molecular formula is C27H23ClN2O3. The van der Waals surface area contributed by atoms with Crippen LogP contribution < -0.4 is 10.1 Å². The van der Waals surface area contributed by atoms with Crippen LogP contribution in [0.4, 0.5) is 5.69 Å². The summed E-state index contributed by atoms with van der Waals surface area (Å²) in [5.74, 6) is -0.00214. The number of nitrogens with zero attached hydrogens (tertiary/aromatic N) is 1. The van der Waals surface area contributed by atoms with Crippen molar-refractivity contribution < 1.29 is 14.3 Å². The standard InChI is InChI=1S/C27H23ClN2O3/c1-15-8-10-18-21(12-15)29-26(32)27(2)23(16-6-4-3-5-7-16)20-14-33-22-11-9-17(28)13-19(22)24(20)30(27)25(18)31/h3-13,20,23-24H,14H2,1-2H3,(H,29,32)/t20?,23?,24?,27-/m1/s1. The molecule has 0 saturated carbocycles. The average molecular weight is 459 g/mol. The number of halogens is 1. The van der Waals surface area contributed by atoms with Crippen molar-refractivity contribution in [2.45, 2.75) is 31.3 Å². The summed E-state index contributed by atoms with van der Waals surface area (Å²) in [6, 6.07) is 20.7. The molecule has 0 bridgehead atoms. The van der Waals surface area contributed by atoms with Crippen molar-refractivity contribution in [3.63, 3.8) is 0 Å². The number of aryl methyl sites for hydroxylation is 1. The highest BCUT2D eigenvalue weighted by atomic mass is 35.5.